The van der Waals surface area contributed by atoms with Gasteiger partial charge in [0.15, 0.2) is 0 Å². The lowest BCUT2D eigenvalue weighted by molar-refractivity contribution is -0.141. The van der Waals surface area contributed by atoms with Gasteiger partial charge < -0.3 is 35.7 Å². The fourth-order valence-electron chi connectivity index (χ4n) is 5.54. The number of phenols is 1. The van der Waals surface area contributed by atoms with Gasteiger partial charge in [0.05, 0.1) is 10.7 Å². The van der Waals surface area contributed by atoms with E-state index in [0.717, 1.165) is 32.0 Å². The Morgan fingerprint density at radius 1 is 0.522 bits per heavy atom. The summed E-state index contributed by atoms with van der Waals surface area (Å²) in [7, 11) is 0. The van der Waals surface area contributed by atoms with Crippen LogP contribution in [0.5, 0.6) is 5.75 Å². The lowest BCUT2D eigenvalue weighted by Gasteiger charge is -2.37. The molecular formula is C37H60O7S2. The van der Waals surface area contributed by atoms with Crippen LogP contribution in [-0.2, 0) is 21.7 Å². The number of hydrogen-bond donors (Lipinski definition) is 7. The van der Waals surface area contributed by atoms with E-state index in [1.807, 2.05) is 53.7 Å². The number of aliphatic hydroxyl groups excluding tert-OH is 6. The van der Waals surface area contributed by atoms with Gasteiger partial charge in [-0.25, -0.2) is 0 Å². The van der Waals surface area contributed by atoms with Gasteiger partial charge in [0.2, 0.25) is 0 Å². The summed E-state index contributed by atoms with van der Waals surface area (Å²) in [5.41, 5.74) is 2.41. The van der Waals surface area contributed by atoms with Crippen molar-refractivity contribution in [2.24, 2.45) is 0 Å². The monoisotopic (exact) mass is 680 g/mol. The van der Waals surface area contributed by atoms with Crippen LogP contribution in [0.25, 0.3) is 0 Å². The van der Waals surface area contributed by atoms with Crippen LogP contribution in [0.2, 0.25) is 0 Å². The fourth-order valence-corrected chi connectivity index (χ4v) is 8.13. The number of rotatable bonds is 10. The van der Waals surface area contributed by atoms with Crippen LogP contribution >= 0.6 is 23.5 Å². The summed E-state index contributed by atoms with van der Waals surface area (Å²) < 4.78 is -0.355. The molecule has 0 aliphatic heterocycles. The molecule has 0 saturated carbocycles. The van der Waals surface area contributed by atoms with Crippen LogP contribution in [-0.4, -0.2) is 70.8 Å². The molecule has 1 unspecified atom stereocenters. The van der Waals surface area contributed by atoms with Crippen molar-refractivity contribution in [3.63, 3.8) is 0 Å². The maximum atomic E-state index is 11.6. The van der Waals surface area contributed by atoms with Crippen LogP contribution in [0.3, 0.4) is 0 Å². The second kappa shape index (κ2) is 14.3. The Bertz CT molecular complexity index is 1270. The fraction of sp³-hybridized carbons (Fsp3) is 0.676. The third-order valence-corrected chi connectivity index (χ3v) is 10.5. The molecule has 7 N–H and O–H groups in total. The van der Waals surface area contributed by atoms with Crippen LogP contribution in [0.4, 0.5) is 0 Å². The first kappa shape index (κ1) is 40.9. The Morgan fingerprint density at radius 2 is 0.848 bits per heavy atom. The van der Waals surface area contributed by atoms with E-state index < -0.39 is 48.0 Å². The average molecular weight is 681 g/mol. The summed E-state index contributed by atoms with van der Waals surface area (Å²) in [5.74, 6) is 0.347. The predicted octanol–water partition coefficient (Wildman–Crippen LogP) is 6.67. The molecule has 0 heterocycles. The van der Waals surface area contributed by atoms with Gasteiger partial charge in [-0.2, -0.15) is 0 Å². The van der Waals surface area contributed by atoms with E-state index in [1.165, 1.54) is 0 Å². The molecule has 7 nitrogen and oxygen atoms in total. The average Bonchev–Trinajstić information content (AvgIpc) is 2.88. The highest BCUT2D eigenvalue weighted by molar-refractivity contribution is 8.18. The second-order valence-corrected chi connectivity index (χ2v) is 20.7. The molecule has 0 bridgehead atoms. The first-order chi connectivity index (χ1) is 20.5. The molecule has 0 aliphatic rings. The first-order valence-electron chi connectivity index (χ1n) is 16.0. The van der Waals surface area contributed by atoms with E-state index in [9.17, 15) is 35.7 Å². The lowest BCUT2D eigenvalue weighted by Crippen LogP contribution is -2.48. The third kappa shape index (κ3) is 9.88. The Balaban J connectivity index is 2.69. The van der Waals surface area contributed by atoms with E-state index >= 15 is 0 Å². The SMILES string of the molecule is CC(C)(Sc1cc(C(C)(C)C)c(O)c(C(C)(C)C)c1)Sc1cc(C(C)(C)C)c(C(O)[C@H](O)[C@@H](O)[C@H](O)[C@H](O)CO)c(C(C)(C)C)c1. The summed E-state index contributed by atoms with van der Waals surface area (Å²) in [6.45, 7) is 28.2. The Morgan fingerprint density at radius 3 is 1.15 bits per heavy atom. The van der Waals surface area contributed by atoms with Gasteiger partial charge in [0.25, 0.3) is 0 Å². The zero-order valence-electron chi connectivity index (χ0n) is 30.4. The van der Waals surface area contributed by atoms with Crippen LogP contribution in [0.15, 0.2) is 34.1 Å². The Hall–Kier alpha value is -1.30. The summed E-state index contributed by atoms with van der Waals surface area (Å²) in [5, 5.41) is 73.9. The third-order valence-electron chi connectivity index (χ3n) is 8.10. The molecule has 0 amide bonds. The summed E-state index contributed by atoms with van der Waals surface area (Å²) >= 11 is 3.41. The molecule has 0 aliphatic carbocycles. The highest BCUT2D eigenvalue weighted by Crippen LogP contribution is 2.50. The molecule has 0 radical (unpaired) electrons. The van der Waals surface area contributed by atoms with Gasteiger partial charge in [-0.1, -0.05) is 83.1 Å². The second-order valence-electron chi connectivity index (χ2n) is 17.1. The van der Waals surface area contributed by atoms with E-state index in [4.69, 9.17) is 0 Å². The minimum Gasteiger partial charge on any atom is -0.507 e. The Kier molecular flexibility index (Phi) is 12.7. The molecule has 9 heteroatoms. The van der Waals surface area contributed by atoms with Crippen molar-refractivity contribution in [3.05, 3.63) is 52.1 Å². The van der Waals surface area contributed by atoms with Crippen molar-refractivity contribution < 1.29 is 35.7 Å². The number of benzene rings is 2. The Labute approximate surface area is 285 Å². The number of aliphatic hydroxyl groups is 6. The molecule has 262 valence electrons. The zero-order valence-corrected chi connectivity index (χ0v) is 32.0. The van der Waals surface area contributed by atoms with Gasteiger partial charge in [-0.15, -0.1) is 23.5 Å². The number of phenolic OH excluding ortho intramolecular Hbond substituents is 1. The first-order valence-corrected chi connectivity index (χ1v) is 17.6. The maximum absolute atomic E-state index is 11.6. The lowest BCUT2D eigenvalue weighted by atomic mass is 9.73. The maximum Gasteiger partial charge on any atom is 0.123 e. The minimum absolute atomic E-state index is 0.248. The molecule has 0 fully saturated rings. The summed E-state index contributed by atoms with van der Waals surface area (Å²) in [4.78, 5) is 2.03. The van der Waals surface area contributed by atoms with Crippen molar-refractivity contribution in [1.29, 1.82) is 0 Å². The molecule has 2 aromatic rings. The van der Waals surface area contributed by atoms with Gasteiger partial charge in [0, 0.05) is 20.9 Å². The number of hydrogen-bond acceptors (Lipinski definition) is 9. The smallest absolute Gasteiger partial charge is 0.123 e. The predicted molar refractivity (Wildman–Crippen MR) is 191 cm³/mol. The zero-order chi connectivity index (χ0) is 36.0. The van der Waals surface area contributed by atoms with Gasteiger partial charge in [-0.05, 0) is 76.5 Å². The molecule has 2 rings (SSSR count). The van der Waals surface area contributed by atoms with Crippen LogP contribution < -0.4 is 0 Å². The van der Waals surface area contributed by atoms with Crippen LogP contribution in [0.1, 0.15) is 131 Å². The number of thioether (sulfide) groups is 2. The van der Waals surface area contributed by atoms with Gasteiger partial charge in [0.1, 0.15) is 36.3 Å². The standard InChI is InChI=1S/C37H60O7S2/c1-33(2,3)22-15-20(16-23(34(4,5)6)27(22)30(42)32(44)31(43)29(41)26(39)19-38)45-37(13,14)46-21-17-24(35(7,8)9)28(40)25(18-21)36(10,11)12/h15-18,26,29-32,38-44H,19H2,1-14H3/t26-,29-,30?,31+,32+/m1/s1. The summed E-state index contributed by atoms with van der Waals surface area (Å²) in [6, 6.07) is 8.23. The highest BCUT2D eigenvalue weighted by atomic mass is 32.2. The van der Waals surface area contributed by atoms with Crippen LogP contribution in [0, 0.1) is 0 Å². The minimum atomic E-state index is -1.90. The molecule has 0 aromatic heterocycles. The normalized spacial score (nSPS) is 17.0. The van der Waals surface area contributed by atoms with Crippen molar-refractivity contribution in [1.82, 2.24) is 0 Å². The largest absolute Gasteiger partial charge is 0.507 e. The molecule has 0 saturated heterocycles. The number of aromatic hydroxyl groups is 1. The molecular weight excluding hydrogens is 621 g/mol. The quantitative estimate of drug-likeness (QED) is 0.108. The molecule has 5 atom stereocenters. The molecule has 0 spiro atoms. The molecule has 2 aromatic carbocycles. The van der Waals surface area contributed by atoms with Crippen molar-refractivity contribution >= 4 is 23.5 Å². The van der Waals surface area contributed by atoms with E-state index in [2.05, 4.69) is 67.5 Å². The van der Waals surface area contributed by atoms with Gasteiger partial charge in [-0.3, -0.25) is 0 Å². The van der Waals surface area contributed by atoms with Crippen molar-refractivity contribution in [2.45, 2.75) is 163 Å². The van der Waals surface area contributed by atoms with E-state index in [-0.39, 0.29) is 14.9 Å². The molecule has 46 heavy (non-hydrogen) atoms. The highest BCUT2D eigenvalue weighted by Gasteiger charge is 2.39. The van der Waals surface area contributed by atoms with E-state index in [1.54, 1.807) is 23.5 Å². The van der Waals surface area contributed by atoms with E-state index in [0.29, 0.717) is 11.3 Å². The topological polar surface area (TPSA) is 142 Å². The van der Waals surface area contributed by atoms with Gasteiger partial charge >= 0.3 is 0 Å². The van der Waals surface area contributed by atoms with Crippen molar-refractivity contribution in [3.8, 4) is 5.75 Å². The summed E-state index contributed by atoms with van der Waals surface area (Å²) in [6.07, 6.45) is -8.83. The van der Waals surface area contributed by atoms with Crippen molar-refractivity contribution in [2.75, 3.05) is 6.61 Å².